The highest BCUT2D eigenvalue weighted by Crippen LogP contribution is 2.23. The molecule has 152 valence electrons. The highest BCUT2D eigenvalue weighted by molar-refractivity contribution is 8.00. The number of halogens is 2. The third-order valence-corrected chi connectivity index (χ3v) is 5.48. The number of amides is 1. The second-order valence-corrected chi connectivity index (χ2v) is 8.14. The summed E-state index contributed by atoms with van der Waals surface area (Å²) in [5, 5.41) is 7.20. The van der Waals surface area contributed by atoms with Gasteiger partial charge in [-0.2, -0.15) is 5.10 Å². The van der Waals surface area contributed by atoms with Gasteiger partial charge >= 0.3 is 0 Å². The molecule has 2 N–H and O–H groups in total. The summed E-state index contributed by atoms with van der Waals surface area (Å²) in [4.78, 5) is 32.0. The molecule has 1 atom stereocenters. The van der Waals surface area contributed by atoms with Crippen molar-refractivity contribution >= 4 is 46.0 Å². The molecule has 0 aliphatic heterocycles. The zero-order valence-electron chi connectivity index (χ0n) is 15.6. The molecule has 4 rings (SSSR count). The van der Waals surface area contributed by atoms with Crippen LogP contribution < -0.4 is 10.9 Å². The fourth-order valence-electron chi connectivity index (χ4n) is 2.77. The van der Waals surface area contributed by atoms with Gasteiger partial charge in [-0.15, -0.1) is 0 Å². The predicted octanol–water partition coefficient (Wildman–Crippen LogP) is 4.02. The van der Waals surface area contributed by atoms with Crippen molar-refractivity contribution < 1.29 is 9.18 Å². The third kappa shape index (κ3) is 4.07. The Kier molecular flexibility index (Phi) is 5.56. The lowest BCUT2D eigenvalue weighted by atomic mass is 10.3. The number of rotatable bonds is 5. The molecule has 0 saturated heterocycles. The Morgan fingerprint density at radius 1 is 1.27 bits per heavy atom. The molecule has 2 aromatic heterocycles. The number of anilines is 1. The Morgan fingerprint density at radius 3 is 2.83 bits per heavy atom. The molecule has 1 unspecified atom stereocenters. The minimum Gasteiger partial charge on any atom is -0.323 e. The average molecular weight is 444 g/mol. The largest absolute Gasteiger partial charge is 0.323 e. The van der Waals surface area contributed by atoms with Crippen LogP contribution in [-0.4, -0.2) is 30.9 Å². The number of carbonyl (C=O) groups is 1. The fraction of sp³-hybridized carbons (Fsp3) is 0.100. The number of nitrogens with one attached hydrogen (secondary N) is 2. The van der Waals surface area contributed by atoms with Crippen LogP contribution in [0.5, 0.6) is 0 Å². The number of aromatic amines is 1. The van der Waals surface area contributed by atoms with E-state index in [-0.39, 0.29) is 16.4 Å². The zero-order chi connectivity index (χ0) is 21.3. The summed E-state index contributed by atoms with van der Waals surface area (Å²) in [6.07, 6.45) is 1.42. The van der Waals surface area contributed by atoms with Crippen LogP contribution in [0.2, 0.25) is 5.02 Å². The van der Waals surface area contributed by atoms with E-state index in [2.05, 4.69) is 20.4 Å². The van der Waals surface area contributed by atoms with Crippen molar-refractivity contribution in [2.75, 3.05) is 5.32 Å². The third-order valence-electron chi connectivity index (χ3n) is 4.26. The molecule has 2 heterocycles. The molecule has 0 fully saturated rings. The topological polar surface area (TPSA) is 92.7 Å². The van der Waals surface area contributed by atoms with Crippen LogP contribution in [0.4, 0.5) is 10.1 Å². The summed E-state index contributed by atoms with van der Waals surface area (Å²) >= 11 is 7.10. The molecule has 0 saturated carbocycles. The second-order valence-electron chi connectivity index (χ2n) is 6.37. The first-order valence-corrected chi connectivity index (χ1v) is 10.1. The molecule has 4 aromatic rings. The normalized spacial score (nSPS) is 12.1. The SMILES string of the molecule is CC(Sc1nc2c(cnn2-c2cccc(Cl)c2)c(=O)[nH]1)C(=O)Nc1ccccc1F. The van der Waals surface area contributed by atoms with Gasteiger partial charge in [-0.1, -0.05) is 41.6 Å². The summed E-state index contributed by atoms with van der Waals surface area (Å²) in [5.74, 6) is -0.947. The molecule has 0 aliphatic carbocycles. The number of nitrogens with zero attached hydrogens (tertiary/aromatic N) is 3. The number of aromatic nitrogens is 4. The van der Waals surface area contributed by atoms with Gasteiger partial charge in [-0.25, -0.2) is 14.1 Å². The van der Waals surface area contributed by atoms with Gasteiger partial charge < -0.3 is 10.3 Å². The summed E-state index contributed by atoms with van der Waals surface area (Å²) in [6, 6.07) is 12.9. The van der Waals surface area contributed by atoms with Crippen LogP contribution in [-0.2, 0) is 4.79 Å². The van der Waals surface area contributed by atoms with Crippen LogP contribution in [0.15, 0.2) is 64.7 Å². The number of para-hydroxylation sites is 1. The first kappa shape index (κ1) is 20.1. The van der Waals surface area contributed by atoms with Gasteiger partial charge in [0.1, 0.15) is 11.2 Å². The summed E-state index contributed by atoms with van der Waals surface area (Å²) in [5.41, 5.74) is 0.700. The lowest BCUT2D eigenvalue weighted by Crippen LogP contribution is -2.23. The maximum Gasteiger partial charge on any atom is 0.262 e. The maximum absolute atomic E-state index is 13.8. The quantitative estimate of drug-likeness (QED) is 0.359. The van der Waals surface area contributed by atoms with E-state index < -0.39 is 17.0 Å². The molecule has 0 bridgehead atoms. The Hall–Kier alpha value is -3.17. The van der Waals surface area contributed by atoms with Gasteiger partial charge in [-0.05, 0) is 37.3 Å². The minimum absolute atomic E-state index is 0.0888. The van der Waals surface area contributed by atoms with E-state index >= 15 is 0 Å². The Morgan fingerprint density at radius 2 is 2.07 bits per heavy atom. The number of hydrogen-bond acceptors (Lipinski definition) is 5. The second kappa shape index (κ2) is 8.29. The van der Waals surface area contributed by atoms with Crippen LogP contribution in [0.25, 0.3) is 16.7 Å². The Balaban J connectivity index is 1.61. The molecule has 0 spiro atoms. The van der Waals surface area contributed by atoms with E-state index in [9.17, 15) is 14.0 Å². The van der Waals surface area contributed by atoms with Crippen LogP contribution in [0.1, 0.15) is 6.92 Å². The predicted molar refractivity (Wildman–Crippen MR) is 115 cm³/mol. The maximum atomic E-state index is 13.8. The van der Waals surface area contributed by atoms with Crippen molar-refractivity contribution in [3.05, 3.63) is 75.9 Å². The molecule has 30 heavy (non-hydrogen) atoms. The highest BCUT2D eigenvalue weighted by atomic mass is 35.5. The van der Waals surface area contributed by atoms with E-state index in [0.717, 1.165) is 11.8 Å². The number of carbonyl (C=O) groups excluding carboxylic acids is 1. The smallest absolute Gasteiger partial charge is 0.262 e. The lowest BCUT2D eigenvalue weighted by Gasteiger charge is -2.12. The summed E-state index contributed by atoms with van der Waals surface area (Å²) < 4.78 is 15.3. The Bertz CT molecular complexity index is 1310. The van der Waals surface area contributed by atoms with E-state index in [0.29, 0.717) is 21.7 Å². The van der Waals surface area contributed by atoms with E-state index in [1.165, 1.54) is 29.1 Å². The van der Waals surface area contributed by atoms with Gasteiger partial charge in [0.15, 0.2) is 10.8 Å². The van der Waals surface area contributed by atoms with Crippen molar-refractivity contribution in [2.45, 2.75) is 17.3 Å². The molecule has 0 aliphatic rings. The number of benzene rings is 2. The van der Waals surface area contributed by atoms with Crippen LogP contribution in [0.3, 0.4) is 0 Å². The van der Waals surface area contributed by atoms with E-state index in [1.54, 1.807) is 37.3 Å². The molecule has 0 radical (unpaired) electrons. The number of thioether (sulfide) groups is 1. The van der Waals surface area contributed by atoms with Gasteiger partial charge in [-0.3, -0.25) is 9.59 Å². The summed E-state index contributed by atoms with van der Waals surface area (Å²) in [6.45, 7) is 1.64. The molecule has 7 nitrogen and oxygen atoms in total. The van der Waals surface area contributed by atoms with E-state index in [1.807, 2.05) is 0 Å². The van der Waals surface area contributed by atoms with Crippen molar-refractivity contribution in [3.8, 4) is 5.69 Å². The van der Waals surface area contributed by atoms with E-state index in [4.69, 9.17) is 11.6 Å². The fourth-order valence-corrected chi connectivity index (χ4v) is 3.75. The standard InChI is InChI=1S/C20H15ClFN5O2S/c1-11(18(28)24-16-8-3-2-7-15(16)22)30-20-25-17-14(19(29)26-20)10-23-27(17)13-6-4-5-12(21)9-13/h2-11H,1H3,(H,24,28)(H,25,26,29). The van der Waals surface area contributed by atoms with Gasteiger partial charge in [0.25, 0.3) is 5.56 Å². The zero-order valence-corrected chi connectivity index (χ0v) is 17.2. The monoisotopic (exact) mass is 443 g/mol. The first-order chi connectivity index (χ1) is 14.4. The van der Waals surface area contributed by atoms with Crippen LogP contribution in [0, 0.1) is 5.82 Å². The van der Waals surface area contributed by atoms with Gasteiger partial charge in [0.05, 0.1) is 22.8 Å². The van der Waals surface area contributed by atoms with Crippen molar-refractivity contribution in [1.82, 2.24) is 19.7 Å². The average Bonchev–Trinajstić information content (AvgIpc) is 3.14. The van der Waals surface area contributed by atoms with Crippen LogP contribution >= 0.6 is 23.4 Å². The highest BCUT2D eigenvalue weighted by Gasteiger charge is 2.19. The molecule has 10 heteroatoms. The van der Waals surface area contributed by atoms with Gasteiger partial charge in [0.2, 0.25) is 5.91 Å². The molecular weight excluding hydrogens is 429 g/mol. The number of hydrogen-bond donors (Lipinski definition) is 2. The Labute approximate surface area is 179 Å². The molecule has 2 aromatic carbocycles. The number of H-pyrrole nitrogens is 1. The molecule has 1 amide bonds. The first-order valence-electron chi connectivity index (χ1n) is 8.88. The number of fused-ring (bicyclic) bond motifs is 1. The van der Waals surface area contributed by atoms with Crippen molar-refractivity contribution in [1.29, 1.82) is 0 Å². The lowest BCUT2D eigenvalue weighted by molar-refractivity contribution is -0.115. The summed E-state index contributed by atoms with van der Waals surface area (Å²) in [7, 11) is 0. The molecular formula is C20H15ClFN5O2S. The minimum atomic E-state index is -0.646. The van der Waals surface area contributed by atoms with Crippen molar-refractivity contribution in [2.24, 2.45) is 0 Å². The van der Waals surface area contributed by atoms with Crippen molar-refractivity contribution in [3.63, 3.8) is 0 Å². The van der Waals surface area contributed by atoms with Gasteiger partial charge in [0, 0.05) is 5.02 Å².